The van der Waals surface area contributed by atoms with Gasteiger partial charge >= 0.3 is 11.8 Å². The van der Waals surface area contributed by atoms with Gasteiger partial charge in [-0.15, -0.1) is 0 Å². The van der Waals surface area contributed by atoms with Crippen LogP contribution in [0.2, 0.25) is 0 Å². The molecule has 0 aromatic carbocycles. The Morgan fingerprint density at radius 1 is 1.37 bits per heavy atom. The number of hydrogen-bond donors (Lipinski definition) is 1. The van der Waals surface area contributed by atoms with E-state index in [4.69, 9.17) is 9.37 Å². The van der Waals surface area contributed by atoms with Gasteiger partial charge in [0.2, 0.25) is 5.82 Å². The van der Waals surface area contributed by atoms with Gasteiger partial charge in [0.15, 0.2) is 17.0 Å². The van der Waals surface area contributed by atoms with E-state index in [2.05, 4.69) is 25.3 Å². The number of amides is 1. The molecule has 12 heteroatoms. The first-order valence-corrected chi connectivity index (χ1v) is 9.36. The van der Waals surface area contributed by atoms with Gasteiger partial charge in [0.1, 0.15) is 5.60 Å². The van der Waals surface area contributed by atoms with Crippen molar-refractivity contribution in [3.05, 3.63) is 10.6 Å². The van der Waals surface area contributed by atoms with Crippen molar-refractivity contribution in [2.45, 2.75) is 57.5 Å². The van der Waals surface area contributed by atoms with E-state index in [0.717, 1.165) is 4.57 Å². The molecule has 2 aromatic heterocycles. The fourth-order valence-electron chi connectivity index (χ4n) is 2.06. The first-order valence-electron chi connectivity index (χ1n) is 8.37. The highest BCUT2D eigenvalue weighted by Gasteiger charge is 2.26. The highest BCUT2D eigenvalue weighted by molar-refractivity contribution is 7.99. The maximum absolute atomic E-state index is 14.3. The highest BCUT2D eigenvalue weighted by atomic mass is 32.2. The molecule has 1 atom stereocenters. The molecule has 0 aliphatic carbocycles. The van der Waals surface area contributed by atoms with Gasteiger partial charge in [0.25, 0.3) is 0 Å². The van der Waals surface area contributed by atoms with E-state index in [1.54, 1.807) is 27.7 Å². The molecule has 0 bridgehead atoms. The van der Waals surface area contributed by atoms with Crippen LogP contribution in [0.1, 0.15) is 46.8 Å². The second-order valence-corrected chi connectivity index (χ2v) is 7.64. The summed E-state index contributed by atoms with van der Waals surface area (Å²) in [5.41, 5.74) is -0.486. The molecule has 0 spiro atoms. The number of aromatic nitrogens is 4. The van der Waals surface area contributed by atoms with Crippen molar-refractivity contribution < 1.29 is 23.1 Å². The predicted molar refractivity (Wildman–Crippen MR) is 94.1 cm³/mol. The fourth-order valence-corrected chi connectivity index (χ4v) is 2.80. The first kappa shape index (κ1) is 20.9. The van der Waals surface area contributed by atoms with Gasteiger partial charge in [-0.05, 0) is 37.5 Å². The number of rotatable bonds is 8. The van der Waals surface area contributed by atoms with Gasteiger partial charge in [0.05, 0.1) is 0 Å². The molecule has 10 nitrogen and oxygen atoms in total. The summed E-state index contributed by atoms with van der Waals surface area (Å²) in [6.45, 7) is 7.38. The summed E-state index contributed by atoms with van der Waals surface area (Å²) in [7, 11) is 0. The van der Waals surface area contributed by atoms with E-state index in [1.165, 1.54) is 11.8 Å². The third-order valence-corrected chi connectivity index (χ3v) is 4.07. The topological polar surface area (TPSA) is 125 Å². The van der Waals surface area contributed by atoms with E-state index in [-0.39, 0.29) is 17.9 Å². The van der Waals surface area contributed by atoms with E-state index in [9.17, 15) is 14.0 Å². The standard InChI is InChI=1S/C15H22FN5O5S/c1-5-6-9(16)21-11(19-25-14(21)23)10-12(20-26-18-10)27-8-7-17-13(22)24-15(2,3)4/h9H,5-8H2,1-4H3,(H,17,22). The Balaban J connectivity index is 2.01. The van der Waals surface area contributed by atoms with Crippen LogP contribution in [0.3, 0.4) is 0 Å². The zero-order valence-corrected chi connectivity index (χ0v) is 16.3. The number of nitrogens with zero attached hydrogens (tertiary/aromatic N) is 4. The molecule has 0 aliphatic heterocycles. The Kier molecular flexibility index (Phi) is 6.99. The van der Waals surface area contributed by atoms with Crippen LogP contribution in [-0.4, -0.2) is 44.0 Å². The number of hydrogen-bond acceptors (Lipinski definition) is 9. The summed E-state index contributed by atoms with van der Waals surface area (Å²) >= 11 is 1.19. The molecule has 2 rings (SSSR count). The molecule has 2 heterocycles. The van der Waals surface area contributed by atoms with Crippen LogP contribution in [0.25, 0.3) is 11.5 Å². The molecule has 0 saturated carbocycles. The number of halogens is 1. The van der Waals surface area contributed by atoms with E-state index < -0.39 is 23.7 Å². The van der Waals surface area contributed by atoms with Gasteiger partial charge in [-0.2, -0.15) is 0 Å². The molecule has 1 unspecified atom stereocenters. The normalized spacial score (nSPS) is 12.8. The highest BCUT2D eigenvalue weighted by Crippen LogP contribution is 2.28. The van der Waals surface area contributed by atoms with Crippen LogP contribution in [0.15, 0.2) is 19.0 Å². The lowest BCUT2D eigenvalue weighted by Crippen LogP contribution is -2.33. The zero-order chi connectivity index (χ0) is 20.0. The summed E-state index contributed by atoms with van der Waals surface area (Å²) in [4.78, 5) is 23.4. The second kappa shape index (κ2) is 9.02. The third-order valence-electron chi connectivity index (χ3n) is 3.12. The lowest BCUT2D eigenvalue weighted by Gasteiger charge is -2.19. The van der Waals surface area contributed by atoms with Crippen LogP contribution in [-0.2, 0) is 4.74 Å². The van der Waals surface area contributed by atoms with Crippen molar-refractivity contribution in [1.29, 1.82) is 0 Å². The summed E-state index contributed by atoms with van der Waals surface area (Å²) in [5.74, 6) is -0.599. The van der Waals surface area contributed by atoms with Gasteiger partial charge in [-0.1, -0.05) is 30.3 Å². The van der Waals surface area contributed by atoms with Crippen molar-refractivity contribution >= 4 is 17.9 Å². The van der Waals surface area contributed by atoms with Crippen LogP contribution >= 0.6 is 11.8 Å². The Hall–Kier alpha value is -2.37. The molecule has 1 N–H and O–H groups in total. The number of alkyl halides is 1. The van der Waals surface area contributed by atoms with Crippen molar-refractivity contribution in [3.8, 4) is 11.5 Å². The monoisotopic (exact) mass is 403 g/mol. The molecule has 27 heavy (non-hydrogen) atoms. The quantitative estimate of drug-likeness (QED) is 0.523. The molecule has 1 amide bonds. The van der Waals surface area contributed by atoms with Gasteiger partial charge in [-0.3, -0.25) is 4.52 Å². The second-order valence-electron chi connectivity index (χ2n) is 6.56. The van der Waals surface area contributed by atoms with Crippen molar-refractivity contribution in [2.24, 2.45) is 0 Å². The Bertz CT molecular complexity index is 812. The Morgan fingerprint density at radius 3 is 2.78 bits per heavy atom. The van der Waals surface area contributed by atoms with Crippen LogP contribution < -0.4 is 11.1 Å². The minimum Gasteiger partial charge on any atom is -0.444 e. The lowest BCUT2D eigenvalue weighted by atomic mass is 10.2. The SMILES string of the molecule is CCCC(F)n1c(-c2nonc2SCCNC(=O)OC(C)(C)C)noc1=O. The minimum atomic E-state index is -1.59. The van der Waals surface area contributed by atoms with E-state index in [0.29, 0.717) is 23.7 Å². The maximum atomic E-state index is 14.3. The molecule has 0 saturated heterocycles. The maximum Gasteiger partial charge on any atom is 0.444 e. The third kappa shape index (κ3) is 5.81. The van der Waals surface area contributed by atoms with Crippen LogP contribution in [0, 0.1) is 0 Å². The average Bonchev–Trinajstić information content (AvgIpc) is 3.16. The molecule has 0 aliphatic rings. The van der Waals surface area contributed by atoms with Crippen molar-refractivity contribution in [3.63, 3.8) is 0 Å². The number of nitrogens with one attached hydrogen (secondary N) is 1. The van der Waals surface area contributed by atoms with Gasteiger partial charge < -0.3 is 10.1 Å². The number of carbonyl (C=O) groups excluding carboxylic acids is 1. The molecule has 2 aromatic rings. The summed E-state index contributed by atoms with van der Waals surface area (Å²) < 4.78 is 29.4. The molecule has 0 radical (unpaired) electrons. The molecule has 150 valence electrons. The van der Waals surface area contributed by atoms with Crippen LogP contribution in [0.5, 0.6) is 0 Å². The number of carbonyl (C=O) groups is 1. The zero-order valence-electron chi connectivity index (χ0n) is 15.5. The Morgan fingerprint density at radius 2 is 2.11 bits per heavy atom. The summed E-state index contributed by atoms with van der Waals surface area (Å²) in [5, 5.41) is 13.9. The molecular weight excluding hydrogens is 381 g/mol. The number of thioether (sulfide) groups is 1. The van der Waals surface area contributed by atoms with Gasteiger partial charge in [-0.25, -0.2) is 23.2 Å². The summed E-state index contributed by atoms with van der Waals surface area (Å²) in [6, 6.07) is 0. The predicted octanol–water partition coefficient (Wildman–Crippen LogP) is 2.77. The van der Waals surface area contributed by atoms with Crippen molar-refractivity contribution in [1.82, 2.24) is 25.4 Å². The number of alkyl carbamates (subject to hydrolysis) is 1. The smallest absolute Gasteiger partial charge is 0.444 e. The molecule has 0 fully saturated rings. The molecular formula is C15H22FN5O5S. The Labute approximate surface area is 158 Å². The van der Waals surface area contributed by atoms with Crippen molar-refractivity contribution in [2.75, 3.05) is 12.3 Å². The lowest BCUT2D eigenvalue weighted by molar-refractivity contribution is 0.0531. The number of ether oxygens (including phenoxy) is 1. The first-order chi connectivity index (χ1) is 12.7. The summed E-state index contributed by atoms with van der Waals surface area (Å²) in [6.07, 6.45) is -1.46. The van der Waals surface area contributed by atoms with Crippen LogP contribution in [0.4, 0.5) is 9.18 Å². The minimum absolute atomic E-state index is 0.0928. The average molecular weight is 403 g/mol. The fraction of sp³-hybridized carbons (Fsp3) is 0.667. The van der Waals surface area contributed by atoms with E-state index >= 15 is 0 Å². The van der Waals surface area contributed by atoms with Gasteiger partial charge in [0, 0.05) is 12.3 Å². The largest absolute Gasteiger partial charge is 0.444 e. The van der Waals surface area contributed by atoms with E-state index in [1.807, 2.05) is 0 Å².